The van der Waals surface area contributed by atoms with Gasteiger partial charge in [-0.15, -0.1) is 0 Å². The van der Waals surface area contributed by atoms with E-state index >= 15 is 0 Å². The van der Waals surface area contributed by atoms with Crippen molar-refractivity contribution in [2.75, 3.05) is 12.0 Å². The normalized spacial score (nSPS) is 17.3. The van der Waals surface area contributed by atoms with Crippen molar-refractivity contribution in [1.29, 1.82) is 0 Å². The molecule has 1 aromatic rings. The summed E-state index contributed by atoms with van der Waals surface area (Å²) in [5.74, 6) is 0.683. The van der Waals surface area contributed by atoms with E-state index in [0.717, 1.165) is 5.69 Å². The minimum atomic E-state index is -0.749. The molecule has 1 aromatic heterocycles. The van der Waals surface area contributed by atoms with Gasteiger partial charge in [0.1, 0.15) is 0 Å². The van der Waals surface area contributed by atoms with Crippen molar-refractivity contribution in [3.63, 3.8) is 0 Å². The summed E-state index contributed by atoms with van der Waals surface area (Å²) in [6.45, 7) is 4.14. The highest BCUT2D eigenvalue weighted by Gasteiger charge is 2.12. The largest absolute Gasteiger partial charge is 0.305 e. The Morgan fingerprint density at radius 1 is 1.60 bits per heavy atom. The maximum atomic E-state index is 11.0. The molecule has 86 valence electrons. The van der Waals surface area contributed by atoms with Gasteiger partial charge < -0.3 is 5.32 Å². The van der Waals surface area contributed by atoms with Gasteiger partial charge in [0.15, 0.2) is 0 Å². The zero-order valence-electron chi connectivity index (χ0n) is 9.73. The molecule has 3 atom stereocenters. The van der Waals surface area contributed by atoms with Crippen molar-refractivity contribution in [1.82, 2.24) is 15.1 Å². The van der Waals surface area contributed by atoms with Crippen molar-refractivity contribution in [2.24, 2.45) is 7.05 Å². The summed E-state index contributed by atoms with van der Waals surface area (Å²) in [6, 6.07) is 2.48. The highest BCUT2D eigenvalue weighted by atomic mass is 32.2. The van der Waals surface area contributed by atoms with Crippen LogP contribution in [0.5, 0.6) is 0 Å². The Kier molecular flexibility index (Phi) is 4.47. The molecule has 0 radical (unpaired) electrons. The van der Waals surface area contributed by atoms with Gasteiger partial charge in [-0.2, -0.15) is 5.10 Å². The van der Waals surface area contributed by atoms with E-state index < -0.39 is 10.8 Å². The predicted molar refractivity (Wildman–Crippen MR) is 63.2 cm³/mol. The lowest BCUT2D eigenvalue weighted by molar-refractivity contribution is 0.481. The lowest BCUT2D eigenvalue weighted by Gasteiger charge is -2.19. The van der Waals surface area contributed by atoms with Gasteiger partial charge in [-0.1, -0.05) is 0 Å². The molecular weight excluding hydrogens is 210 g/mol. The minimum absolute atomic E-state index is 0.232. The second-order valence-corrected chi connectivity index (χ2v) is 5.39. The van der Waals surface area contributed by atoms with Crippen LogP contribution in [0, 0.1) is 0 Å². The van der Waals surface area contributed by atoms with Crippen LogP contribution in [-0.4, -0.2) is 32.0 Å². The van der Waals surface area contributed by atoms with Crippen LogP contribution in [0.25, 0.3) is 0 Å². The van der Waals surface area contributed by atoms with Crippen LogP contribution < -0.4 is 5.32 Å². The third-order valence-electron chi connectivity index (χ3n) is 2.32. The van der Waals surface area contributed by atoms with Crippen molar-refractivity contribution in [3.05, 3.63) is 18.0 Å². The van der Waals surface area contributed by atoms with E-state index in [0.29, 0.717) is 5.75 Å². The molecule has 3 unspecified atom stereocenters. The first-order valence-electron chi connectivity index (χ1n) is 5.04. The van der Waals surface area contributed by atoms with Crippen molar-refractivity contribution < 1.29 is 4.21 Å². The summed E-state index contributed by atoms with van der Waals surface area (Å²) in [5.41, 5.74) is 1.14. The van der Waals surface area contributed by atoms with Crippen LogP contribution in [0.2, 0.25) is 0 Å². The highest BCUT2D eigenvalue weighted by Crippen LogP contribution is 2.10. The van der Waals surface area contributed by atoms with E-state index in [1.807, 2.05) is 24.7 Å². The van der Waals surface area contributed by atoms with Crippen LogP contribution in [-0.2, 0) is 17.8 Å². The fourth-order valence-electron chi connectivity index (χ4n) is 1.72. The number of hydrogen-bond donors (Lipinski definition) is 1. The first kappa shape index (κ1) is 12.4. The molecular formula is C10H19N3OS. The maximum Gasteiger partial charge on any atom is 0.0547 e. The zero-order valence-corrected chi connectivity index (χ0v) is 10.5. The maximum absolute atomic E-state index is 11.0. The first-order chi connectivity index (χ1) is 7.00. The second-order valence-electron chi connectivity index (χ2n) is 3.91. The molecule has 0 amide bonds. The summed E-state index contributed by atoms with van der Waals surface area (Å²) in [5, 5.41) is 7.52. The van der Waals surface area contributed by atoms with Crippen LogP contribution in [0.15, 0.2) is 12.3 Å². The van der Waals surface area contributed by atoms with Gasteiger partial charge in [-0.25, -0.2) is 0 Å². The lowest BCUT2D eigenvalue weighted by atomic mass is 10.2. The van der Waals surface area contributed by atoms with Crippen molar-refractivity contribution in [2.45, 2.75) is 25.9 Å². The molecule has 5 heteroatoms. The first-order valence-corrected chi connectivity index (χ1v) is 6.77. The van der Waals surface area contributed by atoms with Crippen LogP contribution in [0.3, 0.4) is 0 Å². The Morgan fingerprint density at radius 3 is 2.73 bits per heavy atom. The summed E-state index contributed by atoms with van der Waals surface area (Å²) in [4.78, 5) is 0. The van der Waals surface area contributed by atoms with E-state index in [2.05, 4.69) is 17.3 Å². The third kappa shape index (κ3) is 3.76. The molecule has 1 heterocycles. The van der Waals surface area contributed by atoms with E-state index in [1.165, 1.54) is 0 Å². The number of rotatable bonds is 5. The van der Waals surface area contributed by atoms with Crippen LogP contribution in [0.1, 0.15) is 25.6 Å². The molecule has 4 nitrogen and oxygen atoms in total. The monoisotopic (exact) mass is 229 g/mol. The molecule has 0 saturated heterocycles. The highest BCUT2D eigenvalue weighted by molar-refractivity contribution is 7.84. The average molecular weight is 229 g/mol. The van der Waals surface area contributed by atoms with E-state index in [-0.39, 0.29) is 12.1 Å². The summed E-state index contributed by atoms with van der Waals surface area (Å²) < 4.78 is 12.9. The molecule has 0 fully saturated rings. The molecule has 0 aliphatic heterocycles. The number of nitrogens with zero attached hydrogens (tertiary/aromatic N) is 2. The molecule has 15 heavy (non-hydrogen) atoms. The van der Waals surface area contributed by atoms with Gasteiger partial charge in [0, 0.05) is 48.1 Å². The molecule has 0 aliphatic carbocycles. The molecule has 0 bridgehead atoms. The Hall–Kier alpha value is -0.680. The van der Waals surface area contributed by atoms with Gasteiger partial charge >= 0.3 is 0 Å². The Morgan fingerprint density at radius 2 is 2.27 bits per heavy atom. The van der Waals surface area contributed by atoms with E-state index in [4.69, 9.17) is 0 Å². The van der Waals surface area contributed by atoms with Gasteiger partial charge in [0.05, 0.1) is 5.69 Å². The second kappa shape index (κ2) is 5.42. The summed E-state index contributed by atoms with van der Waals surface area (Å²) in [7, 11) is 1.18. The minimum Gasteiger partial charge on any atom is -0.305 e. The standard InChI is InChI=1S/C10H19N3OS/c1-8(7-15(4)14)12-9(2)10-5-6-11-13(10)3/h5-6,8-9,12H,7H2,1-4H3. The molecule has 0 saturated carbocycles. The predicted octanol–water partition coefficient (Wildman–Crippen LogP) is 0.838. The fraction of sp³-hybridized carbons (Fsp3) is 0.700. The van der Waals surface area contributed by atoms with Crippen molar-refractivity contribution in [3.8, 4) is 0 Å². The molecule has 0 spiro atoms. The van der Waals surface area contributed by atoms with Crippen LogP contribution >= 0.6 is 0 Å². The molecule has 1 rings (SSSR count). The van der Waals surface area contributed by atoms with E-state index in [1.54, 1.807) is 12.5 Å². The molecule has 0 aliphatic rings. The van der Waals surface area contributed by atoms with E-state index in [9.17, 15) is 4.21 Å². The fourth-order valence-corrected chi connectivity index (χ4v) is 2.52. The smallest absolute Gasteiger partial charge is 0.0547 e. The Bertz CT molecular complexity index is 337. The van der Waals surface area contributed by atoms with Gasteiger partial charge in [0.25, 0.3) is 0 Å². The summed E-state index contributed by atoms with van der Waals surface area (Å²) >= 11 is 0. The Labute approximate surface area is 93.5 Å². The molecule has 0 aromatic carbocycles. The number of hydrogen-bond acceptors (Lipinski definition) is 3. The zero-order chi connectivity index (χ0) is 11.4. The molecule has 1 N–H and O–H groups in total. The van der Waals surface area contributed by atoms with Gasteiger partial charge in [-0.3, -0.25) is 8.89 Å². The average Bonchev–Trinajstić information content (AvgIpc) is 2.49. The van der Waals surface area contributed by atoms with Crippen LogP contribution in [0.4, 0.5) is 0 Å². The van der Waals surface area contributed by atoms with Gasteiger partial charge in [0.2, 0.25) is 0 Å². The Balaban J connectivity index is 2.52. The SMILES string of the molecule is CC(CS(C)=O)NC(C)c1ccnn1C. The lowest BCUT2D eigenvalue weighted by Crippen LogP contribution is -2.33. The number of nitrogens with one attached hydrogen (secondary N) is 1. The van der Waals surface area contributed by atoms with Crippen molar-refractivity contribution >= 4 is 10.8 Å². The summed E-state index contributed by atoms with van der Waals surface area (Å²) in [6.07, 6.45) is 3.52. The van der Waals surface area contributed by atoms with Gasteiger partial charge in [-0.05, 0) is 19.9 Å². The third-order valence-corrected chi connectivity index (χ3v) is 3.29. The quantitative estimate of drug-likeness (QED) is 0.814. The topological polar surface area (TPSA) is 46.9 Å². The number of aryl methyl sites for hydroxylation is 1. The number of aromatic nitrogens is 2.